The minimum absolute atomic E-state index is 0.0304. The predicted molar refractivity (Wildman–Crippen MR) is 130 cm³/mol. The van der Waals surface area contributed by atoms with Gasteiger partial charge in [-0.15, -0.1) is 0 Å². The molecule has 0 aliphatic carbocycles. The maximum Gasteiger partial charge on any atom is 0.305 e. The molecule has 0 aliphatic rings. The van der Waals surface area contributed by atoms with Crippen molar-refractivity contribution in [2.24, 2.45) is 0 Å². The molecular weight excluding hydrogens is 432 g/mol. The summed E-state index contributed by atoms with van der Waals surface area (Å²) in [6.07, 6.45) is 21.5. The molecule has 0 rings (SSSR count). The van der Waals surface area contributed by atoms with E-state index in [0.717, 1.165) is 19.3 Å². The molecule has 0 fully saturated rings. The summed E-state index contributed by atoms with van der Waals surface area (Å²) in [7, 11) is 0. The molecule has 2 N–H and O–H groups in total. The number of carboxylic acid groups (broad SMARTS) is 1. The van der Waals surface area contributed by atoms with E-state index in [0.29, 0.717) is 19.4 Å². The zero-order valence-corrected chi connectivity index (χ0v) is 21.6. The van der Waals surface area contributed by atoms with Gasteiger partial charge in [-0.3, -0.25) is 9.59 Å². The van der Waals surface area contributed by atoms with E-state index in [1.807, 2.05) is 13.8 Å². The van der Waals surface area contributed by atoms with E-state index in [1.165, 1.54) is 83.5 Å². The lowest BCUT2D eigenvalue weighted by Crippen LogP contribution is -2.04. The van der Waals surface area contributed by atoms with Crippen LogP contribution in [0.2, 0.25) is 0 Å². The lowest BCUT2D eigenvalue weighted by atomic mass is 10.0. The van der Waals surface area contributed by atoms with Crippen LogP contribution in [-0.4, -0.2) is 37.0 Å². The number of rotatable bonds is 19. The third-order valence-corrected chi connectivity index (χ3v) is 4.68. The van der Waals surface area contributed by atoms with Gasteiger partial charge in [0.15, 0.2) is 0 Å². The van der Waals surface area contributed by atoms with Crippen molar-refractivity contribution >= 4 is 23.3 Å². The zero-order valence-electron chi connectivity index (χ0n) is 20.8. The first-order valence-electron chi connectivity index (χ1n) is 12.5. The molecule has 0 amide bonds. The van der Waals surface area contributed by atoms with Crippen molar-refractivity contribution < 1.29 is 32.7 Å². The molecule has 0 aliphatic heterocycles. The second kappa shape index (κ2) is 32.2. The fourth-order valence-electron chi connectivity index (χ4n) is 2.97. The molecule has 1 atom stereocenters. The van der Waals surface area contributed by atoms with Gasteiger partial charge in [-0.25, -0.2) is 4.21 Å². The van der Waals surface area contributed by atoms with Gasteiger partial charge < -0.3 is 18.9 Å². The van der Waals surface area contributed by atoms with Gasteiger partial charge in [-0.05, 0) is 19.3 Å². The number of unbranched alkanes of at least 4 members (excludes halogenated alkanes) is 13. The molecular formula is C24H49O7S-. The average molecular weight is 482 g/mol. The van der Waals surface area contributed by atoms with Crippen molar-refractivity contribution in [3.05, 3.63) is 0 Å². The average Bonchev–Trinajstić information content (AvgIpc) is 2.71. The predicted octanol–water partition coefficient (Wildman–Crippen LogP) is 7.02. The van der Waals surface area contributed by atoms with Crippen LogP contribution in [0.5, 0.6) is 0 Å². The number of carboxylic acids is 1. The topological polar surface area (TPSA) is 124 Å². The Morgan fingerprint density at radius 2 is 1.03 bits per heavy atom. The molecule has 7 nitrogen and oxygen atoms in total. The number of hydrogen-bond acceptors (Lipinski definition) is 5. The van der Waals surface area contributed by atoms with Crippen LogP contribution in [0.25, 0.3) is 0 Å². The molecule has 0 saturated heterocycles. The maximum absolute atomic E-state index is 11.2. The molecule has 8 heteroatoms. The monoisotopic (exact) mass is 481 g/mol. The van der Waals surface area contributed by atoms with Crippen LogP contribution in [0, 0.1) is 0 Å². The molecule has 0 saturated carbocycles. The summed E-state index contributed by atoms with van der Waals surface area (Å²) in [5, 5.41) is 7.91. The van der Waals surface area contributed by atoms with Gasteiger partial charge in [0.25, 0.3) is 0 Å². The summed E-state index contributed by atoms with van der Waals surface area (Å²) in [5.41, 5.74) is 0. The highest BCUT2D eigenvalue weighted by Gasteiger charge is 1.99. The van der Waals surface area contributed by atoms with Crippen LogP contribution in [0.4, 0.5) is 0 Å². The summed E-state index contributed by atoms with van der Waals surface area (Å²) in [6, 6.07) is 0. The first-order valence-corrected chi connectivity index (χ1v) is 13.5. The molecule has 32 heavy (non-hydrogen) atoms. The molecule has 0 radical (unpaired) electrons. The van der Waals surface area contributed by atoms with E-state index in [9.17, 15) is 9.59 Å². The Labute approximate surface area is 199 Å². The number of hydrogen-bond donors (Lipinski definition) is 2. The fourth-order valence-corrected chi connectivity index (χ4v) is 2.97. The summed E-state index contributed by atoms with van der Waals surface area (Å²) in [4.78, 5) is 20.8. The van der Waals surface area contributed by atoms with Crippen molar-refractivity contribution in [1.29, 1.82) is 0 Å². The Balaban J connectivity index is -0.000000696. The normalized spacial score (nSPS) is 10.9. The van der Waals surface area contributed by atoms with Gasteiger partial charge in [-0.1, -0.05) is 104 Å². The van der Waals surface area contributed by atoms with Gasteiger partial charge in [0.05, 0.1) is 18.0 Å². The van der Waals surface area contributed by atoms with Gasteiger partial charge in [0, 0.05) is 12.8 Å². The second-order valence-electron chi connectivity index (χ2n) is 7.93. The Hall–Kier alpha value is -0.990. The van der Waals surface area contributed by atoms with E-state index >= 15 is 0 Å². The van der Waals surface area contributed by atoms with Crippen molar-refractivity contribution in [3.8, 4) is 0 Å². The number of esters is 1. The van der Waals surface area contributed by atoms with E-state index in [2.05, 4.69) is 6.92 Å². The molecule has 0 spiro atoms. The van der Waals surface area contributed by atoms with E-state index < -0.39 is 17.3 Å². The fraction of sp³-hybridized carbons (Fsp3) is 0.917. The highest BCUT2D eigenvalue weighted by Crippen LogP contribution is 2.13. The Bertz CT molecular complexity index is 413. The third-order valence-electron chi connectivity index (χ3n) is 4.68. The third kappa shape index (κ3) is 47.0. The maximum atomic E-state index is 11.2. The summed E-state index contributed by atoms with van der Waals surface area (Å²) < 4.78 is 29.2. The smallest absolute Gasteiger partial charge is 0.305 e. The van der Waals surface area contributed by atoms with Crippen LogP contribution in [0.3, 0.4) is 0 Å². The highest BCUT2D eigenvalue weighted by molar-refractivity contribution is 7.73. The molecule has 0 heterocycles. The number of carbonyl (C=O) groups is 2. The Morgan fingerprint density at radius 3 is 1.31 bits per heavy atom. The Morgan fingerprint density at radius 1 is 0.688 bits per heavy atom. The lowest BCUT2D eigenvalue weighted by molar-refractivity contribution is -0.143. The van der Waals surface area contributed by atoms with Crippen molar-refractivity contribution in [1.82, 2.24) is 0 Å². The van der Waals surface area contributed by atoms with Crippen LogP contribution >= 0.6 is 0 Å². The van der Waals surface area contributed by atoms with E-state index in [4.69, 9.17) is 23.2 Å². The SMILES string of the molecule is CCCC(=O)O.CCCCCCCCCCCCCCCCOC(=O)CCC.O=S([O-])O. The molecule has 0 aromatic heterocycles. The molecule has 194 valence electrons. The zero-order chi connectivity index (χ0) is 24.9. The molecule has 0 bridgehead atoms. The second-order valence-corrected chi connectivity index (χ2v) is 8.36. The Kier molecular flexibility index (Phi) is 35.8. The van der Waals surface area contributed by atoms with Gasteiger partial charge in [0.1, 0.15) is 0 Å². The highest BCUT2D eigenvalue weighted by atomic mass is 32.2. The summed E-state index contributed by atoms with van der Waals surface area (Å²) >= 11 is -2.86. The number of carbonyl (C=O) groups excluding carboxylic acids is 1. The standard InChI is InChI=1S/C20H40O2.C4H8O2.H2O3S/c1-3-5-6-7-8-9-10-11-12-13-14-15-16-17-19-22-20(21)18-4-2;1-2-3-4(5)6;1-4(2)3/h3-19H2,1-2H3;2-3H2,1H3,(H,5,6);(H2,1,2,3)/p-1. The minimum atomic E-state index is -2.86. The van der Waals surface area contributed by atoms with Crippen LogP contribution in [-0.2, 0) is 25.7 Å². The van der Waals surface area contributed by atoms with Gasteiger partial charge in [-0.2, -0.15) is 0 Å². The van der Waals surface area contributed by atoms with Crippen LogP contribution in [0.15, 0.2) is 0 Å². The van der Waals surface area contributed by atoms with E-state index in [-0.39, 0.29) is 5.97 Å². The van der Waals surface area contributed by atoms with Crippen LogP contribution in [0.1, 0.15) is 136 Å². The summed E-state index contributed by atoms with van der Waals surface area (Å²) in [6.45, 7) is 6.75. The first-order chi connectivity index (χ1) is 15.3. The van der Waals surface area contributed by atoms with Gasteiger partial charge in [0.2, 0.25) is 0 Å². The molecule has 1 unspecified atom stereocenters. The number of aliphatic carboxylic acids is 1. The summed E-state index contributed by atoms with van der Waals surface area (Å²) in [5.74, 6) is -0.741. The first kappa shape index (κ1) is 35.6. The van der Waals surface area contributed by atoms with Crippen molar-refractivity contribution in [2.75, 3.05) is 6.61 Å². The van der Waals surface area contributed by atoms with Crippen molar-refractivity contribution in [3.63, 3.8) is 0 Å². The molecule has 0 aromatic rings. The largest absolute Gasteiger partial charge is 0.750 e. The van der Waals surface area contributed by atoms with Crippen molar-refractivity contribution in [2.45, 2.75) is 136 Å². The molecule has 0 aromatic carbocycles. The van der Waals surface area contributed by atoms with E-state index in [1.54, 1.807) is 0 Å². The number of ether oxygens (including phenoxy) is 1. The lowest BCUT2D eigenvalue weighted by Gasteiger charge is -2.04. The van der Waals surface area contributed by atoms with Gasteiger partial charge >= 0.3 is 11.9 Å². The van der Waals surface area contributed by atoms with Crippen LogP contribution < -0.4 is 0 Å². The quantitative estimate of drug-likeness (QED) is 0.115. The minimum Gasteiger partial charge on any atom is -0.750 e.